The Labute approximate surface area is 80.8 Å². The Hall–Kier alpha value is -0.0900. The maximum absolute atomic E-state index is 11.6. The molecule has 1 heterocycles. The summed E-state index contributed by atoms with van der Waals surface area (Å²) in [5, 5.41) is 3.06. The second kappa shape index (κ2) is 4.42. The molecule has 1 saturated heterocycles. The van der Waals surface area contributed by atoms with E-state index in [1.807, 2.05) is 6.92 Å². The largest absolute Gasteiger partial charge is 0.313 e. The van der Waals surface area contributed by atoms with Gasteiger partial charge in [0.15, 0.2) is 9.84 Å². The molecule has 3 nitrogen and oxygen atoms in total. The predicted molar refractivity (Wildman–Crippen MR) is 54.6 cm³/mol. The Bertz CT molecular complexity index is 242. The molecule has 1 N–H and O–H groups in total. The second-order valence-electron chi connectivity index (χ2n) is 3.71. The van der Waals surface area contributed by atoms with Gasteiger partial charge < -0.3 is 5.32 Å². The first-order valence-electron chi connectivity index (χ1n) is 5.03. The molecule has 0 bridgehead atoms. The Morgan fingerprint density at radius 2 is 2.15 bits per heavy atom. The maximum atomic E-state index is 11.6. The van der Waals surface area contributed by atoms with Crippen LogP contribution in [0.3, 0.4) is 0 Å². The van der Waals surface area contributed by atoms with Crippen molar-refractivity contribution in [1.82, 2.24) is 5.32 Å². The van der Waals surface area contributed by atoms with Gasteiger partial charge in [-0.2, -0.15) is 0 Å². The SMILES string of the molecule is CCS(=O)(=O)C(C)C1CCCCN1. The zero-order chi connectivity index (χ0) is 9.90. The van der Waals surface area contributed by atoms with Crippen molar-refractivity contribution in [3.05, 3.63) is 0 Å². The molecule has 1 aliphatic rings. The molecule has 0 aromatic heterocycles. The van der Waals surface area contributed by atoms with Gasteiger partial charge in [0.2, 0.25) is 0 Å². The Morgan fingerprint density at radius 1 is 1.46 bits per heavy atom. The summed E-state index contributed by atoms with van der Waals surface area (Å²) in [4.78, 5) is 0. The molecule has 1 rings (SSSR count). The number of hydrogen-bond acceptors (Lipinski definition) is 3. The number of rotatable bonds is 3. The van der Waals surface area contributed by atoms with E-state index in [-0.39, 0.29) is 17.0 Å². The molecule has 0 aromatic rings. The van der Waals surface area contributed by atoms with Crippen LogP contribution >= 0.6 is 0 Å². The van der Waals surface area contributed by atoms with Gasteiger partial charge >= 0.3 is 0 Å². The summed E-state index contributed by atoms with van der Waals surface area (Å²) in [5.74, 6) is 0.256. The first kappa shape index (κ1) is 11.0. The molecular weight excluding hydrogens is 186 g/mol. The minimum Gasteiger partial charge on any atom is -0.313 e. The molecule has 4 heteroatoms. The van der Waals surface area contributed by atoms with Gasteiger partial charge in [0.1, 0.15) is 0 Å². The lowest BCUT2D eigenvalue weighted by atomic mass is 10.0. The van der Waals surface area contributed by atoms with Gasteiger partial charge in [-0.3, -0.25) is 0 Å². The van der Waals surface area contributed by atoms with Crippen molar-refractivity contribution in [2.45, 2.75) is 44.4 Å². The van der Waals surface area contributed by atoms with Gasteiger partial charge in [-0.15, -0.1) is 0 Å². The quantitative estimate of drug-likeness (QED) is 0.746. The zero-order valence-corrected chi connectivity index (χ0v) is 9.23. The third-order valence-electron chi connectivity index (χ3n) is 2.88. The van der Waals surface area contributed by atoms with Crippen LogP contribution in [0.25, 0.3) is 0 Å². The Balaban J connectivity index is 2.60. The monoisotopic (exact) mass is 205 g/mol. The van der Waals surface area contributed by atoms with E-state index in [9.17, 15) is 8.42 Å². The van der Waals surface area contributed by atoms with Gasteiger partial charge in [-0.25, -0.2) is 8.42 Å². The topological polar surface area (TPSA) is 46.2 Å². The lowest BCUT2D eigenvalue weighted by Gasteiger charge is -2.28. The third kappa shape index (κ3) is 2.68. The van der Waals surface area contributed by atoms with E-state index in [2.05, 4.69) is 5.32 Å². The molecule has 0 aliphatic carbocycles. The summed E-state index contributed by atoms with van der Waals surface area (Å²) in [6, 6.07) is 0.179. The highest BCUT2D eigenvalue weighted by atomic mass is 32.2. The van der Waals surface area contributed by atoms with E-state index in [1.54, 1.807) is 6.92 Å². The van der Waals surface area contributed by atoms with Crippen molar-refractivity contribution in [1.29, 1.82) is 0 Å². The molecule has 0 spiro atoms. The smallest absolute Gasteiger partial charge is 0.154 e. The molecule has 0 saturated carbocycles. The first-order valence-corrected chi connectivity index (χ1v) is 6.74. The molecule has 2 unspecified atom stereocenters. The van der Waals surface area contributed by atoms with Crippen LogP contribution in [0.15, 0.2) is 0 Å². The van der Waals surface area contributed by atoms with Crippen molar-refractivity contribution in [3.63, 3.8) is 0 Å². The van der Waals surface area contributed by atoms with Crippen LogP contribution in [0, 0.1) is 0 Å². The minimum atomic E-state index is -2.86. The van der Waals surface area contributed by atoms with E-state index in [0.29, 0.717) is 0 Å². The van der Waals surface area contributed by atoms with Crippen LogP contribution in [-0.4, -0.2) is 32.0 Å². The highest BCUT2D eigenvalue weighted by molar-refractivity contribution is 7.92. The molecular formula is C9H19NO2S. The van der Waals surface area contributed by atoms with Crippen LogP contribution in [0.4, 0.5) is 0 Å². The van der Waals surface area contributed by atoms with E-state index >= 15 is 0 Å². The number of hydrogen-bond donors (Lipinski definition) is 1. The lowest BCUT2D eigenvalue weighted by Crippen LogP contribution is -2.45. The fourth-order valence-electron chi connectivity index (χ4n) is 1.79. The Morgan fingerprint density at radius 3 is 2.62 bits per heavy atom. The molecule has 0 aromatic carbocycles. The average Bonchev–Trinajstić information content (AvgIpc) is 2.18. The van der Waals surface area contributed by atoms with Gasteiger partial charge in [0, 0.05) is 11.8 Å². The van der Waals surface area contributed by atoms with Gasteiger partial charge in [-0.05, 0) is 26.3 Å². The van der Waals surface area contributed by atoms with Crippen LogP contribution in [0.2, 0.25) is 0 Å². The van der Waals surface area contributed by atoms with Crippen LogP contribution in [0.1, 0.15) is 33.1 Å². The summed E-state index contributed by atoms with van der Waals surface area (Å²) in [6.07, 6.45) is 3.33. The van der Waals surface area contributed by atoms with Gasteiger partial charge in [0.25, 0.3) is 0 Å². The van der Waals surface area contributed by atoms with Crippen LogP contribution < -0.4 is 5.32 Å². The summed E-state index contributed by atoms with van der Waals surface area (Å²) >= 11 is 0. The standard InChI is InChI=1S/C9H19NO2S/c1-3-13(11,12)8(2)9-6-4-5-7-10-9/h8-10H,3-7H2,1-2H3. The summed E-state index contributed by atoms with van der Waals surface area (Å²) < 4.78 is 23.1. The average molecular weight is 205 g/mol. The second-order valence-corrected chi connectivity index (χ2v) is 6.36. The number of nitrogens with one attached hydrogen (secondary N) is 1. The highest BCUT2D eigenvalue weighted by Gasteiger charge is 2.28. The fraction of sp³-hybridized carbons (Fsp3) is 1.00. The lowest BCUT2D eigenvalue weighted by molar-refractivity contribution is 0.390. The first-order chi connectivity index (χ1) is 6.08. The molecule has 1 aliphatic heterocycles. The molecule has 0 amide bonds. The molecule has 1 fully saturated rings. The van der Waals surface area contributed by atoms with Crippen molar-refractivity contribution in [2.75, 3.05) is 12.3 Å². The Kier molecular flexibility index (Phi) is 3.74. The molecule has 13 heavy (non-hydrogen) atoms. The molecule has 2 atom stereocenters. The number of sulfone groups is 1. The van der Waals surface area contributed by atoms with Crippen molar-refractivity contribution in [3.8, 4) is 0 Å². The minimum absolute atomic E-state index is 0.179. The van der Waals surface area contributed by atoms with E-state index in [0.717, 1.165) is 19.4 Å². The van der Waals surface area contributed by atoms with Gasteiger partial charge in [0.05, 0.1) is 5.25 Å². The van der Waals surface area contributed by atoms with Crippen molar-refractivity contribution in [2.24, 2.45) is 0 Å². The normalized spacial score (nSPS) is 27.1. The van der Waals surface area contributed by atoms with Crippen LogP contribution in [0.5, 0.6) is 0 Å². The summed E-state index contributed by atoms with van der Waals surface area (Å²) in [5.41, 5.74) is 0. The zero-order valence-electron chi connectivity index (χ0n) is 8.41. The van der Waals surface area contributed by atoms with Gasteiger partial charge in [-0.1, -0.05) is 13.3 Å². The summed E-state index contributed by atoms with van der Waals surface area (Å²) in [6.45, 7) is 4.50. The van der Waals surface area contributed by atoms with E-state index in [1.165, 1.54) is 6.42 Å². The molecule has 78 valence electrons. The number of piperidine rings is 1. The fourth-order valence-corrected chi connectivity index (χ4v) is 3.05. The third-order valence-corrected chi connectivity index (χ3v) is 5.15. The highest BCUT2D eigenvalue weighted by Crippen LogP contribution is 2.16. The summed E-state index contributed by atoms with van der Waals surface area (Å²) in [7, 11) is -2.86. The van der Waals surface area contributed by atoms with Crippen molar-refractivity contribution < 1.29 is 8.42 Å². The molecule has 0 radical (unpaired) electrons. The predicted octanol–water partition coefficient (Wildman–Crippen LogP) is 0.952. The maximum Gasteiger partial charge on any atom is 0.154 e. The van der Waals surface area contributed by atoms with E-state index in [4.69, 9.17) is 0 Å². The van der Waals surface area contributed by atoms with E-state index < -0.39 is 9.84 Å². The van der Waals surface area contributed by atoms with Crippen LogP contribution in [-0.2, 0) is 9.84 Å². The van der Waals surface area contributed by atoms with Crippen molar-refractivity contribution >= 4 is 9.84 Å².